The lowest BCUT2D eigenvalue weighted by Crippen LogP contribution is -2.50. The molecule has 182 valence electrons. The zero-order chi connectivity index (χ0) is 24.2. The fraction of sp³-hybridized carbons (Fsp3) is 0.345. The van der Waals surface area contributed by atoms with Gasteiger partial charge in [0.25, 0.3) is 0 Å². The third kappa shape index (κ3) is 4.19. The van der Waals surface area contributed by atoms with Gasteiger partial charge in [-0.05, 0) is 139 Å². The summed E-state index contributed by atoms with van der Waals surface area (Å²) >= 11 is 18.8. The van der Waals surface area contributed by atoms with Gasteiger partial charge in [0, 0.05) is 29.8 Å². The molecule has 4 aliphatic rings. The van der Waals surface area contributed by atoms with E-state index in [-0.39, 0.29) is 11.4 Å². The average Bonchev–Trinajstić information content (AvgIpc) is 2.83. The van der Waals surface area contributed by atoms with E-state index in [0.717, 1.165) is 33.9 Å². The minimum atomic E-state index is -2.40. The second kappa shape index (κ2) is 9.03. The molecule has 35 heavy (non-hydrogen) atoms. The molecule has 0 radical (unpaired) electrons. The second-order valence-corrected chi connectivity index (χ2v) is 14.5. The Bertz CT molecular complexity index is 1090. The molecule has 0 amide bonds. The van der Waals surface area contributed by atoms with E-state index >= 15 is 0 Å². The Morgan fingerprint density at radius 1 is 0.629 bits per heavy atom. The summed E-state index contributed by atoms with van der Waals surface area (Å²) in [6.45, 7) is 0. The molecule has 0 heterocycles. The van der Waals surface area contributed by atoms with Gasteiger partial charge in [-0.3, -0.25) is 4.79 Å². The van der Waals surface area contributed by atoms with Crippen LogP contribution in [0, 0.1) is 23.2 Å². The van der Waals surface area contributed by atoms with Crippen molar-refractivity contribution in [3.63, 3.8) is 0 Å². The maximum absolute atomic E-state index is 14.4. The maximum atomic E-state index is 14.4. The van der Waals surface area contributed by atoms with Gasteiger partial charge >= 0.3 is 5.97 Å². The number of rotatable bonds is 5. The fourth-order valence-electron chi connectivity index (χ4n) is 6.99. The molecule has 3 aromatic carbocycles. The van der Waals surface area contributed by atoms with E-state index in [1.165, 1.54) is 19.3 Å². The Morgan fingerprint density at radius 3 is 1.26 bits per heavy atom. The minimum Gasteiger partial charge on any atom is -0.402 e. The van der Waals surface area contributed by atoms with Crippen molar-refractivity contribution in [1.82, 2.24) is 0 Å². The lowest BCUT2D eigenvalue weighted by Gasteiger charge is -2.56. The molecular formula is C29H27Cl3O2S. The average molecular weight is 546 g/mol. The highest BCUT2D eigenvalue weighted by Gasteiger charge is 2.57. The summed E-state index contributed by atoms with van der Waals surface area (Å²) in [5.41, 5.74) is -0.377. The van der Waals surface area contributed by atoms with Crippen LogP contribution in [0.4, 0.5) is 0 Å². The van der Waals surface area contributed by atoms with E-state index in [1.807, 2.05) is 72.8 Å². The van der Waals surface area contributed by atoms with E-state index in [2.05, 4.69) is 0 Å². The molecule has 0 N–H and O–H groups in total. The Morgan fingerprint density at radius 2 is 0.943 bits per heavy atom. The van der Waals surface area contributed by atoms with Crippen molar-refractivity contribution in [3.8, 4) is 0 Å². The van der Waals surface area contributed by atoms with E-state index in [4.69, 9.17) is 39.0 Å². The lowest BCUT2D eigenvalue weighted by atomic mass is 9.49. The van der Waals surface area contributed by atoms with Gasteiger partial charge in [0.15, 0.2) is 0 Å². The molecule has 4 saturated carbocycles. The molecule has 0 spiro atoms. The van der Waals surface area contributed by atoms with E-state index in [9.17, 15) is 4.79 Å². The Kier molecular flexibility index (Phi) is 6.12. The van der Waals surface area contributed by atoms with Crippen molar-refractivity contribution in [2.75, 3.05) is 0 Å². The number of hydrogen-bond acceptors (Lipinski definition) is 2. The standard InChI is InChI=1S/C29H27Cl3O2S/c30-22-1-7-25(8-2-22)35(26-9-3-23(31)4-10-26,27-11-5-24(32)6-12-27)34-28(33)29-16-19-13-20(17-29)15-21(14-19)18-29/h1-12,19-21H,13-18H2. The summed E-state index contributed by atoms with van der Waals surface area (Å²) in [7, 11) is -2.40. The number of benzene rings is 3. The van der Waals surface area contributed by atoms with Crippen LogP contribution < -0.4 is 0 Å². The molecule has 4 fully saturated rings. The third-order valence-electron chi connectivity index (χ3n) is 8.11. The summed E-state index contributed by atoms with van der Waals surface area (Å²) in [5, 5.41) is 1.92. The number of halogens is 3. The topological polar surface area (TPSA) is 26.3 Å². The van der Waals surface area contributed by atoms with Crippen molar-refractivity contribution in [3.05, 3.63) is 87.9 Å². The van der Waals surface area contributed by atoms with Crippen LogP contribution in [0.15, 0.2) is 87.5 Å². The first-order valence-corrected chi connectivity index (χ1v) is 14.9. The van der Waals surface area contributed by atoms with Crippen LogP contribution in [-0.4, -0.2) is 5.97 Å². The number of hydrogen-bond donors (Lipinski definition) is 0. The van der Waals surface area contributed by atoms with Crippen molar-refractivity contribution in [2.45, 2.75) is 53.2 Å². The second-order valence-electron chi connectivity index (χ2n) is 10.5. The monoisotopic (exact) mass is 544 g/mol. The van der Waals surface area contributed by atoms with Crippen LogP contribution in [-0.2, 0) is 8.98 Å². The SMILES string of the molecule is O=C(OS(c1ccc(Cl)cc1)(c1ccc(Cl)cc1)c1ccc(Cl)cc1)C12CC3CC(CC(C3)C1)C2. The first-order chi connectivity index (χ1) is 16.9. The molecule has 6 heteroatoms. The summed E-state index contributed by atoms with van der Waals surface area (Å²) in [5.74, 6) is 1.91. The summed E-state index contributed by atoms with van der Waals surface area (Å²) in [6, 6.07) is 23.1. The van der Waals surface area contributed by atoms with Crippen LogP contribution in [0.2, 0.25) is 15.1 Å². The smallest absolute Gasteiger partial charge is 0.323 e. The van der Waals surface area contributed by atoms with Gasteiger partial charge < -0.3 is 4.18 Å². The third-order valence-corrected chi connectivity index (χ3v) is 12.1. The van der Waals surface area contributed by atoms with Crippen molar-refractivity contribution >= 4 is 51.1 Å². The first-order valence-electron chi connectivity index (χ1n) is 12.2. The maximum Gasteiger partial charge on any atom is 0.323 e. The molecule has 0 unspecified atom stereocenters. The quantitative estimate of drug-likeness (QED) is 0.319. The normalized spacial score (nSPS) is 27.6. The molecule has 3 aromatic rings. The lowest BCUT2D eigenvalue weighted by molar-refractivity contribution is -0.160. The van der Waals surface area contributed by atoms with Gasteiger partial charge in [0.05, 0.1) is 5.41 Å². The van der Waals surface area contributed by atoms with Crippen LogP contribution in [0.5, 0.6) is 0 Å². The zero-order valence-electron chi connectivity index (χ0n) is 19.3. The van der Waals surface area contributed by atoms with E-state index in [0.29, 0.717) is 32.8 Å². The van der Waals surface area contributed by atoms with Gasteiger partial charge in [-0.25, -0.2) is 0 Å². The molecule has 0 aromatic heterocycles. The van der Waals surface area contributed by atoms with Crippen LogP contribution in [0.3, 0.4) is 0 Å². The summed E-state index contributed by atoms with van der Waals surface area (Å²) < 4.78 is 6.92. The van der Waals surface area contributed by atoms with Crippen LogP contribution >= 0.6 is 45.1 Å². The predicted molar refractivity (Wildman–Crippen MR) is 143 cm³/mol. The van der Waals surface area contributed by atoms with Crippen molar-refractivity contribution in [2.24, 2.45) is 23.2 Å². The molecule has 2 nitrogen and oxygen atoms in total. The molecule has 7 rings (SSSR count). The molecule has 0 aliphatic heterocycles. The first kappa shape index (κ1) is 23.7. The number of carbonyl (C=O) groups is 1. The van der Waals surface area contributed by atoms with Crippen LogP contribution in [0.25, 0.3) is 0 Å². The Hall–Kier alpha value is -1.65. The molecule has 0 saturated heterocycles. The largest absolute Gasteiger partial charge is 0.402 e. The predicted octanol–water partition coefficient (Wildman–Crippen LogP) is 9.60. The highest BCUT2D eigenvalue weighted by molar-refractivity contribution is 8.30. The van der Waals surface area contributed by atoms with Crippen LogP contribution in [0.1, 0.15) is 38.5 Å². The van der Waals surface area contributed by atoms with Gasteiger partial charge in [0.1, 0.15) is 0 Å². The van der Waals surface area contributed by atoms with Crippen molar-refractivity contribution in [1.29, 1.82) is 0 Å². The number of carbonyl (C=O) groups excluding carboxylic acids is 1. The Labute approximate surface area is 223 Å². The summed E-state index contributed by atoms with van der Waals surface area (Å²) in [6.07, 6.45) is 6.68. The van der Waals surface area contributed by atoms with E-state index < -0.39 is 10.3 Å². The molecule has 4 bridgehead atoms. The van der Waals surface area contributed by atoms with Gasteiger partial charge in [-0.2, -0.15) is 0 Å². The molecule has 0 atom stereocenters. The zero-order valence-corrected chi connectivity index (χ0v) is 22.3. The Balaban J connectivity index is 1.52. The fourth-order valence-corrected chi connectivity index (χ4v) is 10.4. The highest BCUT2D eigenvalue weighted by atomic mass is 35.5. The van der Waals surface area contributed by atoms with Crippen molar-refractivity contribution < 1.29 is 8.98 Å². The van der Waals surface area contributed by atoms with Gasteiger partial charge in [-0.1, -0.05) is 34.8 Å². The van der Waals surface area contributed by atoms with E-state index in [1.54, 1.807) is 0 Å². The summed E-state index contributed by atoms with van der Waals surface area (Å²) in [4.78, 5) is 17.1. The van der Waals surface area contributed by atoms with Gasteiger partial charge in [-0.15, -0.1) is 0 Å². The molecule has 4 aliphatic carbocycles. The molecular weight excluding hydrogens is 519 g/mol. The minimum absolute atomic E-state index is 0.0496. The van der Waals surface area contributed by atoms with Gasteiger partial charge in [0.2, 0.25) is 0 Å². The highest BCUT2D eigenvalue weighted by Crippen LogP contribution is 2.71.